The number of piperidine rings is 1. The number of carbonyl (C=O) groups excluding carboxylic acids is 3. The first-order chi connectivity index (χ1) is 15.4. The van der Waals surface area contributed by atoms with E-state index in [1.165, 1.54) is 31.2 Å². The van der Waals surface area contributed by atoms with E-state index in [1.54, 1.807) is 12.1 Å². The first kappa shape index (κ1) is 20.8. The molecule has 0 radical (unpaired) electrons. The molecule has 3 fully saturated rings. The normalized spacial score (nSPS) is 29.7. The number of amides is 2. The van der Waals surface area contributed by atoms with Crippen LogP contribution in [0.2, 0.25) is 0 Å². The van der Waals surface area contributed by atoms with E-state index >= 15 is 0 Å². The van der Waals surface area contributed by atoms with Gasteiger partial charge in [0.2, 0.25) is 11.8 Å². The van der Waals surface area contributed by atoms with E-state index in [0.717, 1.165) is 29.5 Å². The van der Waals surface area contributed by atoms with Gasteiger partial charge in [-0.1, -0.05) is 36.4 Å². The summed E-state index contributed by atoms with van der Waals surface area (Å²) in [4.78, 5) is 42.7. The van der Waals surface area contributed by atoms with Crippen LogP contribution >= 0.6 is 0 Å². The van der Waals surface area contributed by atoms with Gasteiger partial charge in [0.1, 0.15) is 11.4 Å². The van der Waals surface area contributed by atoms with E-state index in [9.17, 15) is 18.8 Å². The summed E-state index contributed by atoms with van der Waals surface area (Å²) in [5, 5.41) is 0. The number of nitrogens with zero attached hydrogens (tertiary/aromatic N) is 2. The molecule has 4 atom stereocenters. The maximum Gasteiger partial charge on any atom is 0.327 e. The van der Waals surface area contributed by atoms with Crippen LogP contribution in [-0.4, -0.2) is 53.8 Å². The molecule has 2 aromatic carbocycles. The molecule has 0 spiro atoms. The van der Waals surface area contributed by atoms with Gasteiger partial charge in [-0.2, -0.15) is 0 Å². The summed E-state index contributed by atoms with van der Waals surface area (Å²) in [6.45, 7) is 0.622. The van der Waals surface area contributed by atoms with E-state index in [-0.39, 0.29) is 23.7 Å². The Morgan fingerprint density at radius 3 is 2.25 bits per heavy atom. The van der Waals surface area contributed by atoms with Crippen molar-refractivity contribution in [3.8, 4) is 11.1 Å². The highest BCUT2D eigenvalue weighted by Gasteiger charge is 2.72. The number of hydrogen-bond acceptors (Lipinski definition) is 5. The van der Waals surface area contributed by atoms with Crippen molar-refractivity contribution in [3.05, 3.63) is 59.9 Å². The molecule has 3 saturated heterocycles. The number of esters is 1. The van der Waals surface area contributed by atoms with Crippen molar-refractivity contribution in [2.45, 2.75) is 30.8 Å². The van der Waals surface area contributed by atoms with Gasteiger partial charge < -0.3 is 4.74 Å². The number of fused-ring (bicyclic) bond motifs is 3. The number of likely N-dealkylation sites (tertiary alicyclic amines) is 1. The monoisotopic (exact) mass is 436 g/mol. The highest BCUT2D eigenvalue weighted by atomic mass is 19.1. The zero-order valence-corrected chi connectivity index (χ0v) is 18.1. The molecular formula is C25H25FN2O4. The van der Waals surface area contributed by atoms with Crippen molar-refractivity contribution in [1.82, 2.24) is 9.80 Å². The second kappa shape index (κ2) is 7.52. The number of halogens is 1. The predicted octanol–water partition coefficient (Wildman–Crippen LogP) is 3.18. The van der Waals surface area contributed by atoms with Crippen LogP contribution in [-0.2, 0) is 19.1 Å². The lowest BCUT2D eigenvalue weighted by atomic mass is 9.75. The smallest absolute Gasteiger partial charge is 0.327 e. The van der Waals surface area contributed by atoms with E-state index in [0.29, 0.717) is 13.0 Å². The summed E-state index contributed by atoms with van der Waals surface area (Å²) in [6, 6.07) is 13.6. The van der Waals surface area contributed by atoms with E-state index in [2.05, 4.69) is 0 Å². The van der Waals surface area contributed by atoms with E-state index in [4.69, 9.17) is 4.74 Å². The fourth-order valence-corrected chi connectivity index (χ4v) is 6.02. The Balaban J connectivity index is 1.60. The molecule has 5 rings (SSSR count). The topological polar surface area (TPSA) is 66.9 Å². The molecule has 0 saturated carbocycles. The Hall–Kier alpha value is -3.06. The standard InChI is InChI=1S/C25H25FN2O4/c1-27-22(29)19-20(23(27)30)25(24(31)32-2)13-3-4-14-28(25)21(19)17-7-5-15(6-8-17)16-9-11-18(26)12-10-16/h5-12,19-21H,3-4,13-14H2,1-2H3/t19-,20-,21-,25+/m1/s1. The van der Waals surface area contributed by atoms with Crippen LogP contribution in [0, 0.1) is 17.7 Å². The molecule has 3 aliphatic rings. The third-order valence-corrected chi connectivity index (χ3v) is 7.45. The molecule has 7 heteroatoms. The molecule has 6 nitrogen and oxygen atoms in total. The molecule has 2 aromatic rings. The molecular weight excluding hydrogens is 411 g/mol. The number of imide groups is 1. The number of hydrogen-bond donors (Lipinski definition) is 0. The van der Waals surface area contributed by atoms with Crippen LogP contribution < -0.4 is 0 Å². The van der Waals surface area contributed by atoms with Gasteiger partial charge in [0, 0.05) is 13.1 Å². The van der Waals surface area contributed by atoms with Crippen molar-refractivity contribution >= 4 is 17.8 Å². The first-order valence-electron chi connectivity index (χ1n) is 10.9. The van der Waals surface area contributed by atoms with Gasteiger partial charge in [0.25, 0.3) is 0 Å². The summed E-state index contributed by atoms with van der Waals surface area (Å²) in [6.07, 6.45) is 2.19. The molecule has 32 heavy (non-hydrogen) atoms. The van der Waals surface area contributed by atoms with Crippen molar-refractivity contribution < 1.29 is 23.5 Å². The summed E-state index contributed by atoms with van der Waals surface area (Å²) in [7, 11) is 2.84. The Bertz CT molecular complexity index is 1080. The van der Waals surface area contributed by atoms with Gasteiger partial charge >= 0.3 is 5.97 Å². The second-order valence-corrected chi connectivity index (χ2v) is 8.88. The van der Waals surface area contributed by atoms with Gasteiger partial charge in [0.15, 0.2) is 0 Å². The third-order valence-electron chi connectivity index (χ3n) is 7.45. The Morgan fingerprint density at radius 1 is 1.00 bits per heavy atom. The first-order valence-corrected chi connectivity index (χ1v) is 10.9. The molecule has 2 amide bonds. The number of methoxy groups -OCH3 is 1. The van der Waals surface area contributed by atoms with Gasteiger partial charge in [0.05, 0.1) is 18.9 Å². The Kier molecular flexibility index (Phi) is 4.89. The van der Waals surface area contributed by atoms with Gasteiger partial charge in [-0.25, -0.2) is 4.39 Å². The number of carbonyl (C=O) groups is 3. The minimum Gasteiger partial charge on any atom is -0.468 e. The minimum absolute atomic E-state index is 0.245. The van der Waals surface area contributed by atoms with Gasteiger partial charge in [-0.3, -0.25) is 24.2 Å². The van der Waals surface area contributed by atoms with Crippen LogP contribution in [0.3, 0.4) is 0 Å². The lowest BCUT2D eigenvalue weighted by Crippen LogP contribution is -2.59. The summed E-state index contributed by atoms with van der Waals surface area (Å²) in [5.41, 5.74) is 1.58. The highest BCUT2D eigenvalue weighted by molar-refractivity contribution is 6.09. The molecule has 0 aromatic heterocycles. The van der Waals surface area contributed by atoms with Crippen LogP contribution in [0.25, 0.3) is 11.1 Å². The van der Waals surface area contributed by atoms with Crippen LogP contribution in [0.1, 0.15) is 30.9 Å². The average Bonchev–Trinajstić information content (AvgIpc) is 3.25. The SMILES string of the molecule is COC(=O)[C@@]12CCCCN1[C@H](c1ccc(-c3ccc(F)cc3)cc1)[C@@H]1C(=O)N(C)C(=O)[C@@H]12. The van der Waals surface area contributed by atoms with Crippen LogP contribution in [0.4, 0.5) is 4.39 Å². The fraction of sp³-hybridized carbons (Fsp3) is 0.400. The van der Waals surface area contributed by atoms with Gasteiger partial charge in [-0.15, -0.1) is 0 Å². The zero-order valence-electron chi connectivity index (χ0n) is 18.1. The number of rotatable bonds is 3. The quantitative estimate of drug-likeness (QED) is 0.546. The Labute approximate surface area is 185 Å². The maximum absolute atomic E-state index is 13.3. The Morgan fingerprint density at radius 2 is 1.62 bits per heavy atom. The van der Waals surface area contributed by atoms with E-state index in [1.807, 2.05) is 29.2 Å². The van der Waals surface area contributed by atoms with Crippen molar-refractivity contribution in [3.63, 3.8) is 0 Å². The lowest BCUT2D eigenvalue weighted by molar-refractivity contribution is -0.163. The molecule has 0 aliphatic carbocycles. The second-order valence-electron chi connectivity index (χ2n) is 8.88. The average molecular weight is 436 g/mol. The summed E-state index contributed by atoms with van der Waals surface area (Å²) in [5.74, 6) is -2.64. The number of benzene rings is 2. The largest absolute Gasteiger partial charge is 0.468 e. The molecule has 3 aliphatic heterocycles. The van der Waals surface area contributed by atoms with Crippen LogP contribution in [0.5, 0.6) is 0 Å². The van der Waals surface area contributed by atoms with Crippen molar-refractivity contribution in [2.24, 2.45) is 11.8 Å². The molecule has 166 valence electrons. The fourth-order valence-electron chi connectivity index (χ4n) is 6.02. The minimum atomic E-state index is -1.12. The lowest BCUT2D eigenvalue weighted by Gasteiger charge is -2.44. The molecule has 0 unspecified atom stereocenters. The highest BCUT2D eigenvalue weighted by Crippen LogP contribution is 2.58. The number of ether oxygens (including phenoxy) is 1. The summed E-state index contributed by atoms with van der Waals surface area (Å²) < 4.78 is 18.5. The van der Waals surface area contributed by atoms with E-state index < -0.39 is 23.3 Å². The maximum atomic E-state index is 13.3. The van der Waals surface area contributed by atoms with Crippen LogP contribution in [0.15, 0.2) is 48.5 Å². The molecule has 3 heterocycles. The third kappa shape index (κ3) is 2.77. The van der Waals surface area contributed by atoms with Gasteiger partial charge in [-0.05, 0) is 54.6 Å². The molecule has 0 bridgehead atoms. The zero-order chi connectivity index (χ0) is 22.6. The van der Waals surface area contributed by atoms with Crippen molar-refractivity contribution in [1.29, 1.82) is 0 Å². The molecule has 0 N–H and O–H groups in total. The predicted molar refractivity (Wildman–Crippen MR) is 115 cm³/mol. The summed E-state index contributed by atoms with van der Waals surface area (Å²) >= 11 is 0. The van der Waals surface area contributed by atoms with Crippen molar-refractivity contribution in [2.75, 3.05) is 20.7 Å².